The minimum atomic E-state index is -0.162. The van der Waals surface area contributed by atoms with Gasteiger partial charge >= 0.3 is 0 Å². The molecule has 1 heterocycles. The van der Waals surface area contributed by atoms with E-state index in [4.69, 9.17) is 14.2 Å². The van der Waals surface area contributed by atoms with Crippen LogP contribution in [0, 0.1) is 0 Å². The van der Waals surface area contributed by atoms with Crippen LogP contribution in [0.15, 0.2) is 18.2 Å². The first-order valence-electron chi connectivity index (χ1n) is 6.20. The van der Waals surface area contributed by atoms with E-state index >= 15 is 0 Å². The van der Waals surface area contributed by atoms with Gasteiger partial charge in [-0.3, -0.25) is 0 Å². The molecule has 0 saturated heterocycles. The number of hydrogen-bond acceptors (Lipinski definition) is 4. The van der Waals surface area contributed by atoms with Crippen molar-refractivity contribution in [2.24, 2.45) is 0 Å². The number of ether oxygens (including phenoxy) is 3. The standard InChI is InChI=1S/C14H21NO3/c1-10(15-8-14(2,3)16-4)11-5-6-12-13(7-11)18-9-17-12/h5-7,10,15H,8-9H2,1-4H3. The second-order valence-corrected chi connectivity index (χ2v) is 5.18. The number of fused-ring (bicyclic) bond motifs is 1. The predicted molar refractivity (Wildman–Crippen MR) is 70.1 cm³/mol. The van der Waals surface area contributed by atoms with Crippen molar-refractivity contribution in [2.45, 2.75) is 32.4 Å². The lowest BCUT2D eigenvalue weighted by atomic mass is 10.1. The van der Waals surface area contributed by atoms with Crippen LogP contribution < -0.4 is 14.8 Å². The van der Waals surface area contributed by atoms with Crippen LogP contribution in [0.3, 0.4) is 0 Å². The molecule has 0 spiro atoms. The Morgan fingerprint density at radius 3 is 2.78 bits per heavy atom. The zero-order valence-corrected chi connectivity index (χ0v) is 11.4. The third-order valence-corrected chi connectivity index (χ3v) is 3.28. The molecule has 0 aromatic heterocycles. The lowest BCUT2D eigenvalue weighted by Crippen LogP contribution is -2.37. The Balaban J connectivity index is 1.99. The van der Waals surface area contributed by atoms with Crippen molar-refractivity contribution in [1.82, 2.24) is 5.32 Å². The lowest BCUT2D eigenvalue weighted by molar-refractivity contribution is 0.0214. The second kappa shape index (κ2) is 5.16. The number of benzene rings is 1. The summed E-state index contributed by atoms with van der Waals surface area (Å²) in [5, 5.41) is 3.46. The van der Waals surface area contributed by atoms with Gasteiger partial charge in [-0.05, 0) is 38.5 Å². The highest BCUT2D eigenvalue weighted by Gasteiger charge is 2.19. The van der Waals surface area contributed by atoms with E-state index in [1.807, 2.05) is 12.1 Å². The quantitative estimate of drug-likeness (QED) is 0.872. The smallest absolute Gasteiger partial charge is 0.231 e. The van der Waals surface area contributed by atoms with Gasteiger partial charge in [0.1, 0.15) is 0 Å². The molecule has 0 fully saturated rings. The molecular weight excluding hydrogens is 230 g/mol. The molecule has 1 aromatic carbocycles. The third kappa shape index (κ3) is 2.94. The highest BCUT2D eigenvalue weighted by molar-refractivity contribution is 5.45. The fourth-order valence-electron chi connectivity index (χ4n) is 1.77. The SMILES string of the molecule is COC(C)(C)CNC(C)c1ccc2c(c1)OCO2. The van der Waals surface area contributed by atoms with Gasteiger partial charge in [-0.25, -0.2) is 0 Å². The average molecular weight is 251 g/mol. The number of methoxy groups -OCH3 is 1. The van der Waals surface area contributed by atoms with E-state index in [2.05, 4.69) is 32.2 Å². The minimum Gasteiger partial charge on any atom is -0.454 e. The summed E-state index contributed by atoms with van der Waals surface area (Å²) in [6.07, 6.45) is 0. The van der Waals surface area contributed by atoms with Crippen LogP contribution in [0.1, 0.15) is 32.4 Å². The van der Waals surface area contributed by atoms with Gasteiger partial charge < -0.3 is 19.5 Å². The van der Waals surface area contributed by atoms with Gasteiger partial charge in [0.15, 0.2) is 11.5 Å². The van der Waals surface area contributed by atoms with E-state index in [0.29, 0.717) is 6.79 Å². The molecule has 1 N–H and O–H groups in total. The van der Waals surface area contributed by atoms with Crippen LogP contribution in [-0.4, -0.2) is 26.0 Å². The Labute approximate surface area is 108 Å². The molecule has 1 unspecified atom stereocenters. The van der Waals surface area contributed by atoms with Gasteiger partial charge in [0, 0.05) is 19.7 Å². The van der Waals surface area contributed by atoms with E-state index in [0.717, 1.165) is 18.0 Å². The van der Waals surface area contributed by atoms with E-state index in [1.165, 1.54) is 5.56 Å². The van der Waals surface area contributed by atoms with Gasteiger partial charge in [-0.15, -0.1) is 0 Å². The fourth-order valence-corrected chi connectivity index (χ4v) is 1.77. The normalized spacial score (nSPS) is 15.8. The number of rotatable bonds is 5. The Morgan fingerprint density at radius 1 is 1.33 bits per heavy atom. The van der Waals surface area contributed by atoms with E-state index in [-0.39, 0.29) is 11.6 Å². The summed E-state index contributed by atoms with van der Waals surface area (Å²) in [4.78, 5) is 0. The first-order chi connectivity index (χ1) is 8.52. The number of hydrogen-bond donors (Lipinski definition) is 1. The minimum absolute atomic E-state index is 0.162. The molecule has 4 nitrogen and oxygen atoms in total. The largest absolute Gasteiger partial charge is 0.454 e. The Morgan fingerprint density at radius 2 is 2.06 bits per heavy atom. The monoisotopic (exact) mass is 251 g/mol. The molecule has 0 bridgehead atoms. The first kappa shape index (κ1) is 13.2. The van der Waals surface area contributed by atoms with Crippen molar-refractivity contribution >= 4 is 0 Å². The summed E-state index contributed by atoms with van der Waals surface area (Å²) in [7, 11) is 1.73. The molecule has 18 heavy (non-hydrogen) atoms. The molecule has 0 radical (unpaired) electrons. The molecule has 100 valence electrons. The van der Waals surface area contributed by atoms with Crippen LogP contribution in [-0.2, 0) is 4.74 Å². The Hall–Kier alpha value is -1.26. The summed E-state index contributed by atoms with van der Waals surface area (Å²) in [6, 6.07) is 6.29. The Kier molecular flexibility index (Phi) is 3.78. The van der Waals surface area contributed by atoms with Crippen LogP contribution >= 0.6 is 0 Å². The highest BCUT2D eigenvalue weighted by Crippen LogP contribution is 2.34. The summed E-state index contributed by atoms with van der Waals surface area (Å²) in [5.74, 6) is 1.65. The van der Waals surface area contributed by atoms with Gasteiger partial charge in [-0.1, -0.05) is 6.07 Å². The molecule has 2 rings (SSSR count). The maximum atomic E-state index is 5.39. The molecular formula is C14H21NO3. The molecule has 1 aromatic rings. The van der Waals surface area contributed by atoms with Gasteiger partial charge in [-0.2, -0.15) is 0 Å². The first-order valence-corrected chi connectivity index (χ1v) is 6.20. The highest BCUT2D eigenvalue weighted by atomic mass is 16.7. The van der Waals surface area contributed by atoms with Crippen LogP contribution in [0.25, 0.3) is 0 Å². The van der Waals surface area contributed by atoms with E-state index < -0.39 is 0 Å². The third-order valence-electron chi connectivity index (χ3n) is 3.28. The fraction of sp³-hybridized carbons (Fsp3) is 0.571. The van der Waals surface area contributed by atoms with E-state index in [1.54, 1.807) is 7.11 Å². The average Bonchev–Trinajstić information content (AvgIpc) is 2.83. The maximum absolute atomic E-state index is 5.39. The molecule has 0 aliphatic carbocycles. The molecule has 1 aliphatic heterocycles. The molecule has 0 saturated carbocycles. The topological polar surface area (TPSA) is 39.7 Å². The summed E-state index contributed by atoms with van der Waals surface area (Å²) >= 11 is 0. The van der Waals surface area contributed by atoms with Crippen LogP contribution in [0.4, 0.5) is 0 Å². The summed E-state index contributed by atoms with van der Waals surface area (Å²) in [5.41, 5.74) is 1.02. The van der Waals surface area contributed by atoms with Crippen molar-refractivity contribution < 1.29 is 14.2 Å². The second-order valence-electron chi connectivity index (χ2n) is 5.18. The number of nitrogens with one attached hydrogen (secondary N) is 1. The molecule has 4 heteroatoms. The maximum Gasteiger partial charge on any atom is 0.231 e. The Bertz CT molecular complexity index is 418. The van der Waals surface area contributed by atoms with Crippen molar-refractivity contribution in [1.29, 1.82) is 0 Å². The lowest BCUT2D eigenvalue weighted by Gasteiger charge is -2.26. The zero-order chi connectivity index (χ0) is 13.2. The van der Waals surface area contributed by atoms with Crippen LogP contribution in [0.5, 0.6) is 11.5 Å². The molecule has 0 amide bonds. The van der Waals surface area contributed by atoms with Crippen molar-refractivity contribution in [3.63, 3.8) is 0 Å². The van der Waals surface area contributed by atoms with Crippen molar-refractivity contribution in [2.75, 3.05) is 20.4 Å². The van der Waals surface area contributed by atoms with Gasteiger partial charge in [0.25, 0.3) is 0 Å². The molecule has 1 atom stereocenters. The summed E-state index contributed by atoms with van der Waals surface area (Å²) < 4.78 is 16.1. The van der Waals surface area contributed by atoms with Crippen molar-refractivity contribution in [3.8, 4) is 11.5 Å². The van der Waals surface area contributed by atoms with Gasteiger partial charge in [0.05, 0.1) is 5.60 Å². The van der Waals surface area contributed by atoms with Crippen LogP contribution in [0.2, 0.25) is 0 Å². The predicted octanol–water partition coefficient (Wildman–Crippen LogP) is 2.49. The van der Waals surface area contributed by atoms with Gasteiger partial charge in [0.2, 0.25) is 6.79 Å². The van der Waals surface area contributed by atoms with E-state index in [9.17, 15) is 0 Å². The van der Waals surface area contributed by atoms with Crippen molar-refractivity contribution in [3.05, 3.63) is 23.8 Å². The molecule has 1 aliphatic rings. The zero-order valence-electron chi connectivity index (χ0n) is 11.4. The summed E-state index contributed by atoms with van der Waals surface area (Å²) in [6.45, 7) is 7.36.